The normalized spacial score (nSPS) is 11.4. The van der Waals surface area contributed by atoms with E-state index >= 15 is 0 Å². The van der Waals surface area contributed by atoms with Crippen molar-refractivity contribution in [3.63, 3.8) is 0 Å². The molecule has 0 saturated carbocycles. The van der Waals surface area contributed by atoms with Gasteiger partial charge < -0.3 is 0 Å². The summed E-state index contributed by atoms with van der Waals surface area (Å²) in [6.45, 7) is 2.02. The van der Waals surface area contributed by atoms with Crippen molar-refractivity contribution in [2.24, 2.45) is 0 Å². The number of hydrogen-bond acceptors (Lipinski definition) is 3. The van der Waals surface area contributed by atoms with Gasteiger partial charge in [-0.15, -0.1) is 11.3 Å². The third-order valence-corrected chi connectivity index (χ3v) is 5.51. The smallest absolute Gasteiger partial charge is 0.271 e. The van der Waals surface area contributed by atoms with Crippen molar-refractivity contribution in [1.29, 1.82) is 0 Å². The number of anilines is 1. The molecule has 0 bridgehead atoms. The molecule has 0 atom stereocenters. The Morgan fingerprint density at radius 1 is 1.28 bits per heavy atom. The van der Waals surface area contributed by atoms with Crippen LogP contribution in [0.4, 0.5) is 5.69 Å². The summed E-state index contributed by atoms with van der Waals surface area (Å²) in [5.41, 5.74) is 1.65. The number of rotatable bonds is 4. The van der Waals surface area contributed by atoms with Crippen molar-refractivity contribution in [2.75, 3.05) is 4.72 Å². The number of thiophene rings is 1. The minimum Gasteiger partial charge on any atom is -0.279 e. The highest BCUT2D eigenvalue weighted by Crippen LogP contribution is 2.27. The third-order valence-electron chi connectivity index (χ3n) is 2.40. The minimum atomic E-state index is -3.53. The molecule has 0 amide bonds. The summed E-state index contributed by atoms with van der Waals surface area (Å²) in [7, 11) is -3.53. The Morgan fingerprint density at radius 2 is 2.06 bits per heavy atom. The van der Waals surface area contributed by atoms with Crippen LogP contribution in [0.5, 0.6) is 0 Å². The first-order valence-corrected chi connectivity index (χ1v) is 8.06. The molecule has 0 radical (unpaired) electrons. The molecule has 1 heterocycles. The van der Waals surface area contributed by atoms with E-state index in [1.165, 1.54) is 6.07 Å². The molecule has 18 heavy (non-hydrogen) atoms. The Morgan fingerprint density at radius 3 is 2.67 bits per heavy atom. The molecule has 3 nitrogen and oxygen atoms in total. The molecule has 1 N–H and O–H groups in total. The second-order valence-corrected chi connectivity index (χ2v) is 7.34. The highest BCUT2D eigenvalue weighted by Gasteiger charge is 2.16. The minimum absolute atomic E-state index is 0.217. The third kappa shape index (κ3) is 3.04. The van der Waals surface area contributed by atoms with Crippen LogP contribution >= 0.6 is 22.9 Å². The molecule has 1 aromatic heterocycles. The number of benzene rings is 1. The van der Waals surface area contributed by atoms with Gasteiger partial charge in [-0.25, -0.2) is 8.42 Å². The van der Waals surface area contributed by atoms with Gasteiger partial charge in [0, 0.05) is 5.69 Å². The summed E-state index contributed by atoms with van der Waals surface area (Å²) in [6.07, 6.45) is 0.862. The van der Waals surface area contributed by atoms with Crippen molar-refractivity contribution in [3.8, 4) is 0 Å². The number of sulfonamides is 1. The van der Waals surface area contributed by atoms with Gasteiger partial charge in [-0.1, -0.05) is 30.7 Å². The Balaban J connectivity index is 2.27. The zero-order chi connectivity index (χ0) is 13.2. The van der Waals surface area contributed by atoms with Crippen LogP contribution < -0.4 is 4.72 Å². The van der Waals surface area contributed by atoms with E-state index in [9.17, 15) is 8.42 Å². The maximum Gasteiger partial charge on any atom is 0.271 e. The highest BCUT2D eigenvalue weighted by molar-refractivity contribution is 7.94. The maximum atomic E-state index is 12.1. The molecule has 0 fully saturated rings. The van der Waals surface area contributed by atoms with Crippen LogP contribution in [-0.2, 0) is 16.4 Å². The lowest BCUT2D eigenvalue weighted by Gasteiger charge is -2.07. The first-order valence-electron chi connectivity index (χ1n) is 5.38. The highest BCUT2D eigenvalue weighted by atomic mass is 35.5. The van der Waals surface area contributed by atoms with Gasteiger partial charge >= 0.3 is 0 Å². The Hall–Kier alpha value is -1.04. The molecule has 0 aliphatic rings. The summed E-state index contributed by atoms with van der Waals surface area (Å²) in [5, 5.41) is 0. The standard InChI is InChI=1S/C12H12ClNO2S2/c1-2-9-4-3-5-10(8-9)14-18(15,16)12-7-6-11(13)17-12/h3-8,14H,2H2,1H3. The van der Waals surface area contributed by atoms with Gasteiger partial charge in [0.15, 0.2) is 0 Å². The summed E-state index contributed by atoms with van der Waals surface area (Å²) in [4.78, 5) is 0. The number of halogens is 1. The Kier molecular flexibility index (Phi) is 3.94. The lowest BCUT2D eigenvalue weighted by molar-refractivity contribution is 0.603. The first-order chi connectivity index (χ1) is 8.51. The lowest BCUT2D eigenvalue weighted by atomic mass is 10.1. The zero-order valence-electron chi connectivity index (χ0n) is 9.68. The molecule has 0 spiro atoms. The van der Waals surface area contributed by atoms with Crippen LogP contribution in [0.3, 0.4) is 0 Å². The summed E-state index contributed by atoms with van der Waals surface area (Å²) in [6, 6.07) is 10.4. The molecular formula is C12H12ClNO2S2. The number of aryl methyl sites for hydroxylation is 1. The van der Waals surface area contributed by atoms with E-state index in [0.29, 0.717) is 10.0 Å². The fraction of sp³-hybridized carbons (Fsp3) is 0.167. The summed E-state index contributed by atoms with van der Waals surface area (Å²) >= 11 is 6.78. The number of nitrogens with one attached hydrogen (secondary N) is 1. The van der Waals surface area contributed by atoms with Crippen molar-refractivity contribution < 1.29 is 8.42 Å². The second kappa shape index (κ2) is 5.30. The molecule has 0 saturated heterocycles. The average Bonchev–Trinajstić information content (AvgIpc) is 2.76. The molecule has 2 aromatic rings. The van der Waals surface area contributed by atoms with Gasteiger partial charge in [-0.05, 0) is 36.2 Å². The van der Waals surface area contributed by atoms with Crippen LogP contribution in [0.2, 0.25) is 4.34 Å². The van der Waals surface area contributed by atoms with Crippen molar-refractivity contribution in [1.82, 2.24) is 0 Å². The SMILES string of the molecule is CCc1cccc(NS(=O)(=O)c2ccc(Cl)s2)c1. The van der Waals surface area contributed by atoms with E-state index in [0.717, 1.165) is 23.3 Å². The van der Waals surface area contributed by atoms with E-state index in [4.69, 9.17) is 11.6 Å². The van der Waals surface area contributed by atoms with Crippen molar-refractivity contribution in [2.45, 2.75) is 17.6 Å². The summed E-state index contributed by atoms with van der Waals surface area (Å²) in [5.74, 6) is 0. The van der Waals surface area contributed by atoms with Crippen LogP contribution in [0.1, 0.15) is 12.5 Å². The van der Waals surface area contributed by atoms with Crippen molar-refractivity contribution in [3.05, 3.63) is 46.3 Å². The first kappa shape index (κ1) is 13.4. The van der Waals surface area contributed by atoms with Crippen LogP contribution in [0.25, 0.3) is 0 Å². The van der Waals surface area contributed by atoms with E-state index in [-0.39, 0.29) is 4.21 Å². The van der Waals surface area contributed by atoms with Gasteiger partial charge in [0.05, 0.1) is 4.34 Å². The van der Waals surface area contributed by atoms with Gasteiger partial charge in [-0.2, -0.15) is 0 Å². The van der Waals surface area contributed by atoms with E-state index in [1.807, 2.05) is 25.1 Å². The lowest BCUT2D eigenvalue weighted by Crippen LogP contribution is -2.11. The van der Waals surface area contributed by atoms with Gasteiger partial charge in [0.25, 0.3) is 10.0 Å². The van der Waals surface area contributed by atoms with Crippen molar-refractivity contribution >= 4 is 38.6 Å². The molecule has 6 heteroatoms. The maximum absolute atomic E-state index is 12.1. The van der Waals surface area contributed by atoms with Crippen LogP contribution in [0.15, 0.2) is 40.6 Å². The molecule has 0 aliphatic heterocycles. The fourth-order valence-corrected chi connectivity index (χ4v) is 4.03. The molecule has 0 unspecified atom stereocenters. The largest absolute Gasteiger partial charge is 0.279 e. The topological polar surface area (TPSA) is 46.2 Å². The molecule has 2 rings (SSSR count). The monoisotopic (exact) mass is 301 g/mol. The quantitative estimate of drug-likeness (QED) is 0.934. The Labute approximate surface area is 115 Å². The Bertz CT molecular complexity index is 650. The summed E-state index contributed by atoms with van der Waals surface area (Å²) < 4.78 is 27.3. The van der Waals surface area contributed by atoms with E-state index in [1.54, 1.807) is 12.1 Å². The average molecular weight is 302 g/mol. The van der Waals surface area contributed by atoms with E-state index < -0.39 is 10.0 Å². The molecule has 0 aliphatic carbocycles. The second-order valence-electron chi connectivity index (χ2n) is 3.72. The fourth-order valence-electron chi connectivity index (χ4n) is 1.50. The molecule has 1 aromatic carbocycles. The van der Waals surface area contributed by atoms with Gasteiger partial charge in [0.2, 0.25) is 0 Å². The molecular weight excluding hydrogens is 290 g/mol. The van der Waals surface area contributed by atoms with Gasteiger partial charge in [0.1, 0.15) is 4.21 Å². The van der Waals surface area contributed by atoms with E-state index in [2.05, 4.69) is 4.72 Å². The van der Waals surface area contributed by atoms with Gasteiger partial charge in [-0.3, -0.25) is 4.72 Å². The number of hydrogen-bond donors (Lipinski definition) is 1. The van der Waals surface area contributed by atoms with Crippen LogP contribution in [0, 0.1) is 0 Å². The predicted octanol–water partition coefficient (Wildman–Crippen LogP) is 3.76. The molecule has 96 valence electrons. The zero-order valence-corrected chi connectivity index (χ0v) is 12.1. The predicted molar refractivity (Wildman–Crippen MR) is 76.0 cm³/mol. The van der Waals surface area contributed by atoms with Crippen LogP contribution in [-0.4, -0.2) is 8.42 Å².